The molecule has 3 nitrogen and oxygen atoms in total. The Morgan fingerprint density at radius 3 is 2.21 bits per heavy atom. The fraction of sp³-hybridized carbons (Fsp3) is 0.143. The molecule has 0 radical (unpaired) electrons. The summed E-state index contributed by atoms with van der Waals surface area (Å²) in [6, 6.07) is 23.0. The fourth-order valence-electron chi connectivity index (χ4n) is 3.48. The second-order valence-corrected chi connectivity index (χ2v) is 6.12. The number of hydrogen-bond acceptors (Lipinski definition) is 3. The molecule has 0 aromatic heterocycles. The van der Waals surface area contributed by atoms with E-state index in [-0.39, 0.29) is 23.3 Å². The number of phenols is 2. The Morgan fingerprint density at radius 2 is 1.46 bits per heavy atom. The molecule has 0 spiro atoms. The Bertz CT molecular complexity index is 841. The van der Waals surface area contributed by atoms with Crippen molar-refractivity contribution < 1.29 is 14.9 Å². The van der Waals surface area contributed by atoms with Crippen LogP contribution in [-0.2, 0) is 0 Å². The monoisotopic (exact) mass is 318 g/mol. The third-order valence-electron chi connectivity index (χ3n) is 4.63. The SMILES string of the molecule is Oc1ccc(C2c3ccc(O)cc3OCC2c2ccccc2)cc1. The van der Waals surface area contributed by atoms with Crippen molar-refractivity contribution in [1.82, 2.24) is 0 Å². The molecular formula is C21H18O3. The molecule has 0 aliphatic carbocycles. The van der Waals surface area contributed by atoms with Crippen molar-refractivity contribution in [1.29, 1.82) is 0 Å². The van der Waals surface area contributed by atoms with Crippen LogP contribution in [0.1, 0.15) is 28.5 Å². The van der Waals surface area contributed by atoms with E-state index < -0.39 is 0 Å². The molecule has 2 atom stereocenters. The van der Waals surface area contributed by atoms with Gasteiger partial charge in [0.15, 0.2) is 0 Å². The molecule has 3 aromatic rings. The zero-order chi connectivity index (χ0) is 16.5. The van der Waals surface area contributed by atoms with Crippen molar-refractivity contribution in [3.05, 3.63) is 89.5 Å². The predicted octanol–water partition coefficient (Wildman–Crippen LogP) is 4.41. The molecule has 0 saturated heterocycles. The maximum absolute atomic E-state index is 9.75. The summed E-state index contributed by atoms with van der Waals surface area (Å²) in [4.78, 5) is 0. The molecule has 2 unspecified atom stereocenters. The average molecular weight is 318 g/mol. The van der Waals surface area contributed by atoms with Crippen LogP contribution in [-0.4, -0.2) is 16.8 Å². The summed E-state index contributed by atoms with van der Waals surface area (Å²) < 4.78 is 5.94. The smallest absolute Gasteiger partial charge is 0.126 e. The lowest BCUT2D eigenvalue weighted by atomic mass is 9.76. The molecule has 1 heterocycles. The summed E-state index contributed by atoms with van der Waals surface area (Å²) >= 11 is 0. The minimum Gasteiger partial charge on any atom is -0.508 e. The maximum Gasteiger partial charge on any atom is 0.126 e. The van der Waals surface area contributed by atoms with Gasteiger partial charge in [-0.25, -0.2) is 0 Å². The van der Waals surface area contributed by atoms with Gasteiger partial charge in [-0.1, -0.05) is 48.5 Å². The highest BCUT2D eigenvalue weighted by molar-refractivity contribution is 5.50. The summed E-state index contributed by atoms with van der Waals surface area (Å²) in [5.74, 6) is 1.47. The topological polar surface area (TPSA) is 49.7 Å². The highest BCUT2D eigenvalue weighted by atomic mass is 16.5. The second kappa shape index (κ2) is 5.93. The van der Waals surface area contributed by atoms with Crippen LogP contribution in [0.3, 0.4) is 0 Å². The highest BCUT2D eigenvalue weighted by Crippen LogP contribution is 2.46. The van der Waals surface area contributed by atoms with Crippen LogP contribution in [0.15, 0.2) is 72.8 Å². The Kier molecular flexibility index (Phi) is 3.62. The van der Waals surface area contributed by atoms with Crippen LogP contribution in [0.25, 0.3) is 0 Å². The fourth-order valence-corrected chi connectivity index (χ4v) is 3.48. The van der Waals surface area contributed by atoms with E-state index >= 15 is 0 Å². The summed E-state index contributed by atoms with van der Waals surface area (Å²) in [5.41, 5.74) is 3.39. The van der Waals surface area contributed by atoms with Gasteiger partial charge in [0.05, 0.1) is 6.61 Å². The number of phenolic OH excluding ortho intramolecular Hbond substituents is 2. The minimum atomic E-state index is 0.109. The lowest BCUT2D eigenvalue weighted by Crippen LogP contribution is -2.25. The van der Waals surface area contributed by atoms with E-state index in [1.54, 1.807) is 24.3 Å². The Morgan fingerprint density at radius 1 is 0.750 bits per heavy atom. The van der Waals surface area contributed by atoms with Crippen molar-refractivity contribution in [2.75, 3.05) is 6.61 Å². The molecule has 3 aromatic carbocycles. The zero-order valence-corrected chi connectivity index (χ0v) is 13.1. The van der Waals surface area contributed by atoms with Crippen molar-refractivity contribution in [2.24, 2.45) is 0 Å². The van der Waals surface area contributed by atoms with E-state index in [9.17, 15) is 10.2 Å². The molecule has 4 rings (SSSR count). The molecule has 0 bridgehead atoms. The van der Waals surface area contributed by atoms with Crippen molar-refractivity contribution >= 4 is 0 Å². The summed E-state index contributed by atoms with van der Waals surface area (Å²) in [7, 11) is 0. The van der Waals surface area contributed by atoms with Crippen LogP contribution < -0.4 is 4.74 Å². The molecule has 0 amide bonds. The number of hydrogen-bond donors (Lipinski definition) is 2. The third kappa shape index (κ3) is 2.58. The zero-order valence-electron chi connectivity index (χ0n) is 13.1. The van der Waals surface area contributed by atoms with E-state index in [4.69, 9.17) is 4.74 Å². The first-order chi connectivity index (χ1) is 11.7. The minimum absolute atomic E-state index is 0.109. The van der Waals surface area contributed by atoms with E-state index in [1.807, 2.05) is 36.4 Å². The maximum atomic E-state index is 9.75. The lowest BCUT2D eigenvalue weighted by Gasteiger charge is -2.34. The van der Waals surface area contributed by atoms with E-state index in [0.717, 1.165) is 16.9 Å². The first kappa shape index (κ1) is 14.6. The van der Waals surface area contributed by atoms with Gasteiger partial charge in [0.25, 0.3) is 0 Å². The van der Waals surface area contributed by atoms with Crippen LogP contribution in [0, 0.1) is 0 Å². The van der Waals surface area contributed by atoms with Crippen LogP contribution in [0.2, 0.25) is 0 Å². The molecule has 1 aliphatic heterocycles. The Balaban J connectivity index is 1.86. The molecule has 2 N–H and O–H groups in total. The molecule has 24 heavy (non-hydrogen) atoms. The molecular weight excluding hydrogens is 300 g/mol. The van der Waals surface area contributed by atoms with Crippen LogP contribution in [0.5, 0.6) is 17.2 Å². The number of benzene rings is 3. The van der Waals surface area contributed by atoms with Gasteiger partial charge in [0, 0.05) is 23.5 Å². The average Bonchev–Trinajstić information content (AvgIpc) is 2.62. The molecule has 3 heteroatoms. The Hall–Kier alpha value is -2.94. The molecule has 120 valence electrons. The molecule has 1 aliphatic rings. The van der Waals surface area contributed by atoms with Gasteiger partial charge in [-0.05, 0) is 29.3 Å². The molecule has 0 saturated carbocycles. The summed E-state index contributed by atoms with van der Waals surface area (Å²) in [5, 5.41) is 19.4. The van der Waals surface area contributed by atoms with Gasteiger partial charge in [0.2, 0.25) is 0 Å². The number of rotatable bonds is 2. The first-order valence-corrected chi connectivity index (χ1v) is 8.02. The van der Waals surface area contributed by atoms with Crippen LogP contribution in [0.4, 0.5) is 0 Å². The van der Waals surface area contributed by atoms with Gasteiger partial charge in [0.1, 0.15) is 17.2 Å². The van der Waals surface area contributed by atoms with Gasteiger partial charge in [-0.15, -0.1) is 0 Å². The quantitative estimate of drug-likeness (QED) is 0.736. The van der Waals surface area contributed by atoms with Crippen molar-refractivity contribution in [3.8, 4) is 17.2 Å². The third-order valence-corrected chi connectivity index (χ3v) is 4.63. The molecule has 0 fully saturated rings. The Labute approximate surface area is 140 Å². The lowest BCUT2D eigenvalue weighted by molar-refractivity contribution is 0.247. The number of aromatic hydroxyl groups is 2. The van der Waals surface area contributed by atoms with Crippen LogP contribution >= 0.6 is 0 Å². The summed E-state index contributed by atoms with van der Waals surface area (Å²) in [6.07, 6.45) is 0. The highest BCUT2D eigenvalue weighted by Gasteiger charge is 2.33. The largest absolute Gasteiger partial charge is 0.508 e. The normalized spacial score (nSPS) is 19.3. The second-order valence-electron chi connectivity index (χ2n) is 6.12. The van der Waals surface area contributed by atoms with E-state index in [2.05, 4.69) is 12.1 Å². The van der Waals surface area contributed by atoms with Crippen molar-refractivity contribution in [2.45, 2.75) is 11.8 Å². The first-order valence-electron chi connectivity index (χ1n) is 8.02. The number of ether oxygens (including phenoxy) is 1. The summed E-state index contributed by atoms with van der Waals surface area (Å²) in [6.45, 7) is 0.548. The number of fused-ring (bicyclic) bond motifs is 1. The van der Waals surface area contributed by atoms with Gasteiger partial charge < -0.3 is 14.9 Å². The van der Waals surface area contributed by atoms with Gasteiger partial charge in [-0.3, -0.25) is 0 Å². The van der Waals surface area contributed by atoms with Gasteiger partial charge in [-0.2, -0.15) is 0 Å². The standard InChI is InChI=1S/C21H18O3/c22-16-8-6-15(7-9-16)21-18-11-10-17(23)12-20(18)24-13-19(21)14-4-2-1-3-5-14/h1-12,19,21-23H,13H2. The van der Waals surface area contributed by atoms with Gasteiger partial charge >= 0.3 is 0 Å². The van der Waals surface area contributed by atoms with Crippen molar-refractivity contribution in [3.63, 3.8) is 0 Å². The predicted molar refractivity (Wildman–Crippen MR) is 92.7 cm³/mol. The van der Waals surface area contributed by atoms with E-state index in [0.29, 0.717) is 6.61 Å². The van der Waals surface area contributed by atoms with E-state index in [1.165, 1.54) is 5.56 Å².